The number of methoxy groups -OCH3 is 1. The van der Waals surface area contributed by atoms with Gasteiger partial charge in [-0.3, -0.25) is 14.5 Å². The molecule has 0 spiro atoms. The molecule has 1 unspecified atom stereocenters. The highest BCUT2D eigenvalue weighted by molar-refractivity contribution is 7.93. The van der Waals surface area contributed by atoms with E-state index < -0.39 is 33.6 Å². The molecule has 0 saturated carbocycles. The summed E-state index contributed by atoms with van der Waals surface area (Å²) < 4.78 is 34.7. The number of ether oxygens (including phenoxy) is 1. The third-order valence-electron chi connectivity index (χ3n) is 7.39. The molecule has 3 heterocycles. The van der Waals surface area contributed by atoms with Gasteiger partial charge in [-0.1, -0.05) is 29.8 Å². The number of aliphatic hydroxyl groups is 1. The summed E-state index contributed by atoms with van der Waals surface area (Å²) >= 11 is 6.48. The molecule has 3 aromatic rings. The quantitative estimate of drug-likeness (QED) is 0.469. The summed E-state index contributed by atoms with van der Waals surface area (Å²) in [5, 5.41) is 10.8. The maximum Gasteiger partial charge on any atom is 0.288 e. The summed E-state index contributed by atoms with van der Waals surface area (Å²) in [7, 11) is 0.0852. The van der Waals surface area contributed by atoms with Gasteiger partial charge in [-0.05, 0) is 55.3 Å². The number of hydrogen-bond donors (Lipinski definition) is 1. The lowest BCUT2D eigenvalue weighted by Crippen LogP contribution is -2.59. The number of rotatable bonds is 6. The number of likely N-dealkylation sites (tertiary alicyclic amines) is 1. The van der Waals surface area contributed by atoms with Crippen molar-refractivity contribution in [3.8, 4) is 5.75 Å². The van der Waals surface area contributed by atoms with E-state index in [0.717, 1.165) is 4.31 Å². The molecule has 210 valence electrons. The predicted molar refractivity (Wildman–Crippen MR) is 149 cm³/mol. The average molecular weight is 585 g/mol. The Morgan fingerprint density at radius 2 is 1.88 bits per heavy atom. The van der Waals surface area contributed by atoms with E-state index in [-0.39, 0.29) is 40.2 Å². The number of para-hydroxylation sites is 1. The molecule has 12 heteroatoms. The van der Waals surface area contributed by atoms with Crippen molar-refractivity contribution in [2.75, 3.05) is 32.1 Å². The first-order chi connectivity index (χ1) is 18.9. The average Bonchev–Trinajstić information content (AvgIpc) is 3.43. The molecule has 5 rings (SSSR count). The minimum Gasteiger partial charge on any atom is -0.496 e. The molecule has 3 atom stereocenters. The van der Waals surface area contributed by atoms with E-state index in [1.807, 2.05) is 0 Å². The van der Waals surface area contributed by atoms with Gasteiger partial charge in [-0.2, -0.15) is 12.7 Å². The number of fused-ring (bicyclic) bond motifs is 1. The molecule has 40 heavy (non-hydrogen) atoms. The molecule has 2 aliphatic rings. The Labute approximate surface area is 237 Å². The number of halogens is 1. The normalized spacial score (nSPS) is 22.9. The number of amides is 2. The number of β-amino-alcohol motifs (C(OH)–C–C–N with tert-alkyl or cyclic N) is 1. The van der Waals surface area contributed by atoms with Crippen molar-refractivity contribution in [1.82, 2.24) is 14.8 Å². The summed E-state index contributed by atoms with van der Waals surface area (Å²) in [6.07, 6.45) is 0.449. The second kappa shape index (κ2) is 10.2. The molecule has 2 aromatic carbocycles. The largest absolute Gasteiger partial charge is 0.496 e. The van der Waals surface area contributed by atoms with Crippen LogP contribution in [0.5, 0.6) is 5.75 Å². The standard InChI is InChI=1S/C28H29ClN4O6S/c1-17-11-12-30-25(13-17)40(37,38)33-22-10-9-18(29)14-21(22)28(27(33)36,20-7-5-6-8-24(20)39-4)32-16-19(34)15-23(32)26(35)31(2)3/h5-14,19,23,34H,15-16H2,1-4H3/t19-,23+,28?/m1/s1. The minimum atomic E-state index is -4.53. The maximum atomic E-state index is 15.0. The Balaban J connectivity index is 1.87. The number of nitrogens with zero attached hydrogens (tertiary/aromatic N) is 4. The summed E-state index contributed by atoms with van der Waals surface area (Å²) in [5.74, 6) is -0.903. The zero-order chi connectivity index (χ0) is 29.0. The van der Waals surface area contributed by atoms with Crippen molar-refractivity contribution < 1.29 is 27.9 Å². The third-order valence-corrected chi connectivity index (χ3v) is 9.22. The third kappa shape index (κ3) is 4.15. The van der Waals surface area contributed by atoms with E-state index in [4.69, 9.17) is 16.3 Å². The van der Waals surface area contributed by atoms with Crippen molar-refractivity contribution >= 4 is 39.1 Å². The van der Waals surface area contributed by atoms with Gasteiger partial charge in [0, 0.05) is 43.0 Å². The van der Waals surface area contributed by atoms with Gasteiger partial charge in [0.05, 0.1) is 24.9 Å². The van der Waals surface area contributed by atoms with E-state index >= 15 is 0 Å². The first-order valence-electron chi connectivity index (χ1n) is 12.6. The van der Waals surface area contributed by atoms with Crippen LogP contribution in [0.15, 0.2) is 65.8 Å². The van der Waals surface area contributed by atoms with Crippen molar-refractivity contribution in [1.29, 1.82) is 0 Å². The Morgan fingerprint density at radius 1 is 1.15 bits per heavy atom. The zero-order valence-corrected chi connectivity index (χ0v) is 24.0. The van der Waals surface area contributed by atoms with E-state index in [2.05, 4.69) is 4.98 Å². The van der Waals surface area contributed by atoms with Crippen molar-refractivity contribution in [3.05, 3.63) is 82.5 Å². The molecule has 1 N–H and O–H groups in total. The van der Waals surface area contributed by atoms with E-state index in [1.165, 1.54) is 42.5 Å². The van der Waals surface area contributed by atoms with Crippen LogP contribution in [0.1, 0.15) is 23.1 Å². The van der Waals surface area contributed by atoms with Crippen molar-refractivity contribution in [2.24, 2.45) is 0 Å². The highest BCUT2D eigenvalue weighted by Gasteiger charge is 2.64. The SMILES string of the molecule is COc1ccccc1C1(N2C[C@H](O)C[C@H]2C(=O)N(C)C)C(=O)N(S(=O)(=O)c2cc(C)ccn2)c2ccc(Cl)cc21. The molecule has 0 radical (unpaired) electrons. The summed E-state index contributed by atoms with van der Waals surface area (Å²) in [6, 6.07) is 13.3. The number of sulfonamides is 1. The van der Waals surface area contributed by atoms with Gasteiger partial charge in [0.2, 0.25) is 5.91 Å². The van der Waals surface area contributed by atoms with Crippen LogP contribution in [0.25, 0.3) is 0 Å². The number of likely N-dealkylation sites (N-methyl/N-ethyl adjacent to an activating group) is 1. The van der Waals surface area contributed by atoms with Crippen LogP contribution in [-0.4, -0.2) is 80.0 Å². The smallest absolute Gasteiger partial charge is 0.288 e. The van der Waals surface area contributed by atoms with E-state index in [1.54, 1.807) is 56.3 Å². The molecule has 2 amide bonds. The maximum absolute atomic E-state index is 15.0. The predicted octanol–water partition coefficient (Wildman–Crippen LogP) is 2.55. The first kappa shape index (κ1) is 28.0. The van der Waals surface area contributed by atoms with E-state index in [0.29, 0.717) is 16.9 Å². The Morgan fingerprint density at radius 3 is 2.55 bits per heavy atom. The molecular weight excluding hydrogens is 556 g/mol. The number of aromatic nitrogens is 1. The van der Waals surface area contributed by atoms with Crippen LogP contribution < -0.4 is 9.04 Å². The number of carbonyl (C=O) groups is 2. The Kier molecular flexibility index (Phi) is 7.11. The van der Waals surface area contributed by atoms with Gasteiger partial charge in [-0.15, -0.1) is 0 Å². The molecule has 1 aromatic heterocycles. The first-order valence-corrected chi connectivity index (χ1v) is 14.4. The second-order valence-corrected chi connectivity index (χ2v) is 12.3. The molecule has 1 saturated heterocycles. The van der Waals surface area contributed by atoms with Gasteiger partial charge < -0.3 is 14.7 Å². The topological polar surface area (TPSA) is 120 Å². The molecule has 0 bridgehead atoms. The number of anilines is 1. The van der Waals surface area contributed by atoms with Crippen molar-refractivity contribution in [2.45, 2.75) is 36.1 Å². The Hall–Kier alpha value is -3.51. The van der Waals surface area contributed by atoms with E-state index in [9.17, 15) is 23.1 Å². The van der Waals surface area contributed by atoms with Gasteiger partial charge in [0.15, 0.2) is 10.6 Å². The van der Waals surface area contributed by atoms with Crippen molar-refractivity contribution in [3.63, 3.8) is 0 Å². The molecular formula is C28H29ClN4O6S. The molecule has 10 nitrogen and oxygen atoms in total. The highest BCUT2D eigenvalue weighted by Crippen LogP contribution is 2.54. The lowest BCUT2D eigenvalue weighted by Gasteiger charge is -2.42. The summed E-state index contributed by atoms with van der Waals surface area (Å²) in [5.41, 5.74) is -0.617. The van der Waals surface area contributed by atoms with Gasteiger partial charge in [0.25, 0.3) is 15.9 Å². The van der Waals surface area contributed by atoms with Crippen LogP contribution >= 0.6 is 11.6 Å². The summed E-state index contributed by atoms with van der Waals surface area (Å²) in [6.45, 7) is 1.64. The van der Waals surface area contributed by atoms with Crippen LogP contribution in [0.2, 0.25) is 5.02 Å². The fraction of sp³-hybridized carbons (Fsp3) is 0.321. The van der Waals surface area contributed by atoms with Crippen LogP contribution in [0.4, 0.5) is 5.69 Å². The van der Waals surface area contributed by atoms with Crippen LogP contribution in [0.3, 0.4) is 0 Å². The molecule has 1 fully saturated rings. The minimum absolute atomic E-state index is 0.0449. The summed E-state index contributed by atoms with van der Waals surface area (Å²) in [4.78, 5) is 35.5. The lowest BCUT2D eigenvalue weighted by molar-refractivity contribution is -0.138. The molecule has 0 aliphatic carbocycles. The molecule has 2 aliphatic heterocycles. The number of aryl methyl sites for hydroxylation is 1. The Bertz CT molecular complexity index is 1610. The number of benzene rings is 2. The van der Waals surface area contributed by atoms with Gasteiger partial charge in [0.1, 0.15) is 5.75 Å². The van der Waals surface area contributed by atoms with Gasteiger partial charge in [-0.25, -0.2) is 4.98 Å². The fourth-order valence-corrected chi connectivity index (χ4v) is 7.34. The number of carbonyl (C=O) groups excluding carboxylic acids is 2. The van der Waals surface area contributed by atoms with Crippen LogP contribution in [-0.2, 0) is 25.2 Å². The zero-order valence-electron chi connectivity index (χ0n) is 22.4. The number of pyridine rings is 1. The number of aliphatic hydroxyl groups excluding tert-OH is 1. The monoisotopic (exact) mass is 584 g/mol. The van der Waals surface area contributed by atoms with Gasteiger partial charge >= 0.3 is 0 Å². The fourth-order valence-electron chi connectivity index (χ4n) is 5.68. The van der Waals surface area contributed by atoms with Crippen LogP contribution in [0, 0.1) is 6.92 Å². The number of hydrogen-bond acceptors (Lipinski definition) is 8. The second-order valence-electron chi connectivity index (χ2n) is 10.1. The highest BCUT2D eigenvalue weighted by atomic mass is 35.5. The lowest BCUT2D eigenvalue weighted by atomic mass is 9.80.